The fourth-order valence-electron chi connectivity index (χ4n) is 5.92. The molecule has 0 aromatic heterocycles. The second-order valence-corrected chi connectivity index (χ2v) is 10.3. The van der Waals surface area contributed by atoms with E-state index in [0.717, 1.165) is 18.4 Å². The molecule has 2 aliphatic carbocycles. The third-order valence-electron chi connectivity index (χ3n) is 7.86. The molecule has 1 aromatic carbocycles. The van der Waals surface area contributed by atoms with Crippen molar-refractivity contribution in [2.24, 2.45) is 11.8 Å². The van der Waals surface area contributed by atoms with Crippen molar-refractivity contribution in [2.45, 2.75) is 121 Å². The standard InChI is InChI=1S/C28H43F3O/c1-2-3-4-5-6-7-20-32-27-18-16-26(17-19-27)25-14-12-24(13-15-25)23-10-8-22(9-11-23)21-28(29,30)31/h8-11,24-27H,2-7,12-21H2,1H3/t24?,25?,26-,27-. The number of hydrogen-bond donors (Lipinski definition) is 0. The van der Waals surface area contributed by atoms with Gasteiger partial charge in [-0.3, -0.25) is 0 Å². The highest BCUT2D eigenvalue weighted by Gasteiger charge is 2.32. The average molecular weight is 453 g/mol. The van der Waals surface area contributed by atoms with Crippen LogP contribution in [0.3, 0.4) is 0 Å². The number of unbranched alkanes of at least 4 members (excludes halogenated alkanes) is 5. The van der Waals surface area contributed by atoms with Crippen LogP contribution in [0.2, 0.25) is 0 Å². The first-order valence-corrected chi connectivity index (χ1v) is 13.2. The maximum absolute atomic E-state index is 12.6. The third kappa shape index (κ3) is 8.72. The van der Waals surface area contributed by atoms with Crippen molar-refractivity contribution in [1.29, 1.82) is 0 Å². The van der Waals surface area contributed by atoms with Gasteiger partial charge < -0.3 is 4.74 Å². The van der Waals surface area contributed by atoms with Crippen molar-refractivity contribution in [2.75, 3.05) is 6.61 Å². The van der Waals surface area contributed by atoms with E-state index >= 15 is 0 Å². The van der Waals surface area contributed by atoms with Gasteiger partial charge in [0.05, 0.1) is 12.5 Å². The lowest BCUT2D eigenvalue weighted by Gasteiger charge is -2.38. The number of halogens is 3. The molecule has 0 heterocycles. The highest BCUT2D eigenvalue weighted by molar-refractivity contribution is 5.26. The van der Waals surface area contributed by atoms with Crippen LogP contribution in [0.1, 0.15) is 114 Å². The molecule has 0 N–H and O–H groups in total. The molecule has 0 bridgehead atoms. The molecule has 4 heteroatoms. The summed E-state index contributed by atoms with van der Waals surface area (Å²) in [6.45, 7) is 3.20. The van der Waals surface area contributed by atoms with Crippen LogP contribution in [0.5, 0.6) is 0 Å². The lowest BCUT2D eigenvalue weighted by atomic mass is 9.69. The summed E-state index contributed by atoms with van der Waals surface area (Å²) in [5, 5.41) is 0. The van der Waals surface area contributed by atoms with Crippen LogP contribution in [-0.4, -0.2) is 18.9 Å². The molecule has 1 aromatic rings. The Hall–Kier alpha value is -1.03. The van der Waals surface area contributed by atoms with Crippen molar-refractivity contribution in [3.05, 3.63) is 35.4 Å². The van der Waals surface area contributed by atoms with E-state index in [4.69, 9.17) is 4.74 Å². The maximum Gasteiger partial charge on any atom is 0.393 e. The van der Waals surface area contributed by atoms with Crippen molar-refractivity contribution >= 4 is 0 Å². The van der Waals surface area contributed by atoms with Gasteiger partial charge in [0.1, 0.15) is 0 Å². The first-order valence-electron chi connectivity index (χ1n) is 13.2. The molecule has 0 amide bonds. The summed E-state index contributed by atoms with van der Waals surface area (Å²) in [5.41, 5.74) is 1.59. The minimum Gasteiger partial charge on any atom is -0.378 e. The molecule has 0 unspecified atom stereocenters. The fourth-order valence-corrected chi connectivity index (χ4v) is 5.92. The van der Waals surface area contributed by atoms with Crippen LogP contribution in [0.15, 0.2) is 24.3 Å². The Morgan fingerprint density at radius 1 is 0.750 bits per heavy atom. The summed E-state index contributed by atoms with van der Waals surface area (Å²) in [6, 6.07) is 7.19. The van der Waals surface area contributed by atoms with E-state index in [2.05, 4.69) is 6.92 Å². The van der Waals surface area contributed by atoms with Crippen LogP contribution in [0.25, 0.3) is 0 Å². The Morgan fingerprint density at radius 2 is 1.31 bits per heavy atom. The second kappa shape index (κ2) is 13.0. The molecule has 1 nitrogen and oxygen atoms in total. The third-order valence-corrected chi connectivity index (χ3v) is 7.86. The van der Waals surface area contributed by atoms with Gasteiger partial charge >= 0.3 is 6.18 Å². The van der Waals surface area contributed by atoms with Crippen LogP contribution in [0, 0.1) is 11.8 Å². The number of ether oxygens (including phenoxy) is 1. The zero-order chi connectivity index (χ0) is 22.8. The first kappa shape index (κ1) is 25.6. The van der Waals surface area contributed by atoms with Gasteiger partial charge in [0.2, 0.25) is 0 Å². The number of rotatable bonds is 11. The summed E-state index contributed by atoms with van der Waals surface area (Å²) in [4.78, 5) is 0. The molecule has 2 fully saturated rings. The van der Waals surface area contributed by atoms with Gasteiger partial charge in [0, 0.05) is 6.61 Å². The Labute approximate surface area is 193 Å². The van der Waals surface area contributed by atoms with Gasteiger partial charge in [-0.15, -0.1) is 0 Å². The van der Waals surface area contributed by atoms with Gasteiger partial charge in [0.25, 0.3) is 0 Å². The summed E-state index contributed by atoms with van der Waals surface area (Å²) in [6.07, 6.45) is 13.4. The topological polar surface area (TPSA) is 9.23 Å². The first-order chi connectivity index (χ1) is 15.4. The summed E-state index contributed by atoms with van der Waals surface area (Å²) in [5.74, 6) is 2.19. The van der Waals surface area contributed by atoms with Gasteiger partial charge in [0.15, 0.2) is 0 Å². The van der Waals surface area contributed by atoms with Crippen LogP contribution >= 0.6 is 0 Å². The van der Waals surface area contributed by atoms with Gasteiger partial charge in [-0.2, -0.15) is 13.2 Å². The molecule has 0 spiro atoms. The molecule has 32 heavy (non-hydrogen) atoms. The average Bonchev–Trinajstić information content (AvgIpc) is 2.79. The van der Waals surface area contributed by atoms with E-state index in [1.54, 1.807) is 12.1 Å². The fraction of sp³-hybridized carbons (Fsp3) is 0.786. The van der Waals surface area contributed by atoms with Crippen molar-refractivity contribution in [1.82, 2.24) is 0 Å². The highest BCUT2D eigenvalue weighted by Crippen LogP contribution is 2.43. The maximum atomic E-state index is 12.6. The monoisotopic (exact) mass is 452 g/mol. The van der Waals surface area contributed by atoms with E-state index in [1.807, 2.05) is 12.1 Å². The second-order valence-electron chi connectivity index (χ2n) is 10.3. The molecule has 2 saturated carbocycles. The summed E-state index contributed by atoms with van der Waals surface area (Å²) >= 11 is 0. The molecule has 3 rings (SSSR count). The van der Waals surface area contributed by atoms with E-state index in [0.29, 0.717) is 17.6 Å². The highest BCUT2D eigenvalue weighted by atomic mass is 19.4. The van der Waals surface area contributed by atoms with Gasteiger partial charge in [-0.1, -0.05) is 63.3 Å². The minimum atomic E-state index is -4.13. The molecule has 0 atom stereocenters. The van der Waals surface area contributed by atoms with Crippen molar-refractivity contribution in [3.8, 4) is 0 Å². The predicted octanol–water partition coefficient (Wildman–Crippen LogP) is 9.00. The van der Waals surface area contributed by atoms with E-state index < -0.39 is 12.6 Å². The molecule has 2 aliphatic rings. The molecule has 0 aliphatic heterocycles. The van der Waals surface area contributed by atoms with E-state index in [1.165, 1.54) is 95.5 Å². The molecule has 0 radical (unpaired) electrons. The lowest BCUT2D eigenvalue weighted by molar-refractivity contribution is -0.127. The smallest absolute Gasteiger partial charge is 0.378 e. The number of benzene rings is 1. The largest absolute Gasteiger partial charge is 0.393 e. The quantitative estimate of drug-likeness (QED) is 0.304. The predicted molar refractivity (Wildman–Crippen MR) is 126 cm³/mol. The lowest BCUT2D eigenvalue weighted by Crippen LogP contribution is -2.28. The number of hydrogen-bond acceptors (Lipinski definition) is 1. The molecule has 0 saturated heterocycles. The molecule has 182 valence electrons. The normalized spacial score (nSPS) is 26.9. The van der Waals surface area contributed by atoms with Crippen molar-refractivity contribution < 1.29 is 17.9 Å². The van der Waals surface area contributed by atoms with Crippen LogP contribution < -0.4 is 0 Å². The number of alkyl halides is 3. The van der Waals surface area contributed by atoms with Crippen LogP contribution in [-0.2, 0) is 11.2 Å². The van der Waals surface area contributed by atoms with E-state index in [9.17, 15) is 13.2 Å². The zero-order valence-corrected chi connectivity index (χ0v) is 20.0. The molecular formula is C28H43F3O. The van der Waals surface area contributed by atoms with Gasteiger partial charge in [-0.05, 0) is 86.7 Å². The Bertz CT molecular complexity index is 623. The summed E-state index contributed by atoms with van der Waals surface area (Å²) in [7, 11) is 0. The van der Waals surface area contributed by atoms with Crippen LogP contribution in [0.4, 0.5) is 13.2 Å². The minimum absolute atomic E-state index is 0.366. The summed E-state index contributed by atoms with van der Waals surface area (Å²) < 4.78 is 43.9. The molecular weight excluding hydrogens is 409 g/mol. The SMILES string of the molecule is CCCCCCCCO[C@H]1CC[C@H](C2CCC(c3ccc(CC(F)(F)F)cc3)CC2)CC1. The van der Waals surface area contributed by atoms with Gasteiger partial charge in [-0.25, -0.2) is 0 Å². The Morgan fingerprint density at radius 3 is 1.91 bits per heavy atom. The zero-order valence-electron chi connectivity index (χ0n) is 20.0. The Balaban J connectivity index is 1.31. The van der Waals surface area contributed by atoms with E-state index in [-0.39, 0.29) is 0 Å². The Kier molecular flexibility index (Phi) is 10.4. The van der Waals surface area contributed by atoms with Crippen molar-refractivity contribution in [3.63, 3.8) is 0 Å².